The first kappa shape index (κ1) is 9.72. The molecule has 0 spiro atoms. The highest BCUT2D eigenvalue weighted by Crippen LogP contribution is 2.32. The zero-order valence-electron chi connectivity index (χ0n) is 7.96. The summed E-state index contributed by atoms with van der Waals surface area (Å²) in [5.41, 5.74) is 11.8. The van der Waals surface area contributed by atoms with E-state index >= 15 is 0 Å². The van der Waals surface area contributed by atoms with Gasteiger partial charge in [-0.05, 0) is 12.5 Å². The van der Waals surface area contributed by atoms with Crippen LogP contribution in [0.4, 0.5) is 5.69 Å². The minimum atomic E-state index is -0.575. The van der Waals surface area contributed by atoms with Gasteiger partial charge in [-0.15, -0.1) is 11.3 Å². The molecule has 0 aromatic carbocycles. The van der Waals surface area contributed by atoms with E-state index in [-0.39, 0.29) is 10.4 Å². The molecule has 78 valence electrons. The Kier molecular flexibility index (Phi) is 2.01. The predicted molar refractivity (Wildman–Crippen MR) is 60.1 cm³/mol. The number of nitrogen functional groups attached to an aromatic ring is 1. The molecule has 2 aromatic rings. The fourth-order valence-electron chi connectivity index (χ4n) is 1.52. The number of carbonyl (C=O) groups excluding carboxylic acids is 1. The van der Waals surface area contributed by atoms with Crippen LogP contribution in [-0.2, 0) is 0 Å². The Balaban J connectivity index is 2.94. The van der Waals surface area contributed by atoms with Crippen LogP contribution in [0.15, 0.2) is 10.9 Å². The molecule has 0 unspecified atom stereocenters. The second-order valence-electron chi connectivity index (χ2n) is 3.23. The number of aryl methyl sites for hydroxylation is 1. The van der Waals surface area contributed by atoms with Crippen molar-refractivity contribution in [3.63, 3.8) is 0 Å². The van der Waals surface area contributed by atoms with E-state index in [0.29, 0.717) is 15.9 Å². The van der Waals surface area contributed by atoms with Gasteiger partial charge in [-0.3, -0.25) is 9.59 Å². The molecule has 1 amide bonds. The van der Waals surface area contributed by atoms with Gasteiger partial charge < -0.3 is 16.5 Å². The van der Waals surface area contributed by atoms with Gasteiger partial charge in [0.15, 0.2) is 0 Å². The maximum Gasteiger partial charge on any atom is 0.260 e. The van der Waals surface area contributed by atoms with Crippen molar-refractivity contribution in [2.75, 3.05) is 5.73 Å². The van der Waals surface area contributed by atoms with Gasteiger partial charge in [0, 0.05) is 11.5 Å². The first-order valence-corrected chi connectivity index (χ1v) is 5.04. The largest absolute Gasteiger partial charge is 0.397 e. The first-order chi connectivity index (χ1) is 7.00. The third-order valence-electron chi connectivity index (χ3n) is 2.15. The number of hydrogen-bond donors (Lipinski definition) is 3. The van der Waals surface area contributed by atoms with Crippen molar-refractivity contribution in [2.24, 2.45) is 5.73 Å². The number of aromatic nitrogens is 1. The van der Waals surface area contributed by atoms with E-state index in [1.165, 1.54) is 6.07 Å². The van der Waals surface area contributed by atoms with Crippen LogP contribution < -0.4 is 17.0 Å². The monoisotopic (exact) mass is 223 g/mol. The summed E-state index contributed by atoms with van der Waals surface area (Å²) in [4.78, 5) is 25.7. The minimum Gasteiger partial charge on any atom is -0.397 e. The molecule has 5 N–H and O–H groups in total. The number of nitrogens with two attached hydrogens (primary N) is 2. The zero-order chi connectivity index (χ0) is 11.2. The molecule has 6 heteroatoms. The molecule has 2 rings (SSSR count). The number of H-pyrrole nitrogens is 1. The molecule has 2 aromatic heterocycles. The number of hydrogen-bond acceptors (Lipinski definition) is 4. The normalized spacial score (nSPS) is 10.7. The SMILES string of the molecule is Cc1cc(=O)[nH]c2sc(C(N)=O)c(N)c12. The van der Waals surface area contributed by atoms with Crippen LogP contribution in [0.25, 0.3) is 10.2 Å². The third kappa shape index (κ3) is 1.39. The van der Waals surface area contributed by atoms with Gasteiger partial charge in [-0.1, -0.05) is 0 Å². The van der Waals surface area contributed by atoms with Gasteiger partial charge in [-0.2, -0.15) is 0 Å². The molecule has 0 aliphatic carbocycles. The summed E-state index contributed by atoms with van der Waals surface area (Å²) < 4.78 is 0. The third-order valence-corrected chi connectivity index (χ3v) is 3.28. The van der Waals surface area contributed by atoms with Crippen LogP contribution in [0.3, 0.4) is 0 Å². The van der Waals surface area contributed by atoms with Crippen LogP contribution in [0.5, 0.6) is 0 Å². The quantitative estimate of drug-likeness (QED) is 0.658. The molecule has 0 aliphatic rings. The van der Waals surface area contributed by atoms with Crippen molar-refractivity contribution < 1.29 is 4.79 Å². The van der Waals surface area contributed by atoms with Gasteiger partial charge >= 0.3 is 0 Å². The Labute approximate surface area is 88.7 Å². The average molecular weight is 223 g/mol. The van der Waals surface area contributed by atoms with Crippen molar-refractivity contribution >= 4 is 33.1 Å². The van der Waals surface area contributed by atoms with Crippen LogP contribution in [0.2, 0.25) is 0 Å². The highest BCUT2D eigenvalue weighted by Gasteiger charge is 2.15. The van der Waals surface area contributed by atoms with E-state index in [1.807, 2.05) is 0 Å². The molecule has 0 aliphatic heterocycles. The lowest BCUT2D eigenvalue weighted by molar-refractivity contribution is 0.100. The number of carbonyl (C=O) groups is 1. The number of fused-ring (bicyclic) bond motifs is 1. The molecule has 5 nitrogen and oxygen atoms in total. The number of thiophene rings is 1. The molecule has 2 heterocycles. The molecular formula is C9H9N3O2S. The first-order valence-electron chi connectivity index (χ1n) is 4.22. The van der Waals surface area contributed by atoms with Crippen LogP contribution in [0.1, 0.15) is 15.2 Å². The maximum absolute atomic E-state index is 11.2. The van der Waals surface area contributed by atoms with Crippen LogP contribution >= 0.6 is 11.3 Å². The van der Waals surface area contributed by atoms with Crippen molar-refractivity contribution in [1.82, 2.24) is 4.98 Å². The van der Waals surface area contributed by atoms with E-state index < -0.39 is 5.91 Å². The predicted octanol–water partition coefficient (Wildman–Crippen LogP) is 0.579. The van der Waals surface area contributed by atoms with Gasteiger partial charge in [0.25, 0.3) is 5.91 Å². The highest BCUT2D eigenvalue weighted by molar-refractivity contribution is 7.21. The van der Waals surface area contributed by atoms with Crippen LogP contribution in [-0.4, -0.2) is 10.9 Å². The Morgan fingerprint density at radius 1 is 1.53 bits per heavy atom. The Bertz CT molecular complexity index is 612. The molecule has 0 fully saturated rings. The number of amides is 1. The van der Waals surface area contributed by atoms with E-state index in [0.717, 1.165) is 16.9 Å². The average Bonchev–Trinajstić information content (AvgIpc) is 2.42. The smallest absolute Gasteiger partial charge is 0.260 e. The lowest BCUT2D eigenvalue weighted by Crippen LogP contribution is -2.10. The maximum atomic E-state index is 11.2. The van der Waals surface area contributed by atoms with Gasteiger partial charge in [0.05, 0.1) is 5.69 Å². The standard InChI is InChI=1S/C9H9N3O2S/c1-3-2-4(13)12-9-5(3)6(10)7(15-9)8(11)14/h2H,10H2,1H3,(H2,11,14)(H,12,13). The second-order valence-corrected chi connectivity index (χ2v) is 4.25. The Hall–Kier alpha value is -1.82. The molecule has 15 heavy (non-hydrogen) atoms. The summed E-state index contributed by atoms with van der Waals surface area (Å²) >= 11 is 1.11. The zero-order valence-corrected chi connectivity index (χ0v) is 8.77. The molecule has 0 radical (unpaired) electrons. The number of nitrogens with one attached hydrogen (secondary N) is 1. The fraction of sp³-hybridized carbons (Fsp3) is 0.111. The van der Waals surface area contributed by atoms with Gasteiger partial charge in [0.1, 0.15) is 9.71 Å². The van der Waals surface area contributed by atoms with Crippen molar-refractivity contribution in [3.8, 4) is 0 Å². The molecule has 0 bridgehead atoms. The van der Waals surface area contributed by atoms with Crippen molar-refractivity contribution in [3.05, 3.63) is 26.9 Å². The number of rotatable bonds is 1. The summed E-state index contributed by atoms with van der Waals surface area (Å²) in [6.45, 7) is 1.77. The summed E-state index contributed by atoms with van der Waals surface area (Å²) in [6.07, 6.45) is 0. The van der Waals surface area contributed by atoms with E-state index in [4.69, 9.17) is 11.5 Å². The summed E-state index contributed by atoms with van der Waals surface area (Å²) in [7, 11) is 0. The number of anilines is 1. The van der Waals surface area contributed by atoms with E-state index in [2.05, 4.69) is 4.98 Å². The molecule has 0 atom stereocenters. The lowest BCUT2D eigenvalue weighted by Gasteiger charge is -1.96. The van der Waals surface area contributed by atoms with E-state index in [9.17, 15) is 9.59 Å². The van der Waals surface area contributed by atoms with E-state index in [1.54, 1.807) is 6.92 Å². The van der Waals surface area contributed by atoms with Crippen molar-refractivity contribution in [1.29, 1.82) is 0 Å². The Morgan fingerprint density at radius 2 is 2.20 bits per heavy atom. The number of aromatic amines is 1. The second kappa shape index (κ2) is 3.09. The molecule has 0 saturated heterocycles. The summed E-state index contributed by atoms with van der Waals surface area (Å²) in [5.74, 6) is -0.575. The Morgan fingerprint density at radius 3 is 2.80 bits per heavy atom. The summed E-state index contributed by atoms with van der Waals surface area (Å²) in [6, 6.07) is 1.44. The van der Waals surface area contributed by atoms with Gasteiger partial charge in [-0.25, -0.2) is 0 Å². The molecule has 0 saturated carbocycles. The highest BCUT2D eigenvalue weighted by atomic mass is 32.1. The van der Waals surface area contributed by atoms with Gasteiger partial charge in [0.2, 0.25) is 5.56 Å². The topological polar surface area (TPSA) is 102 Å². The van der Waals surface area contributed by atoms with Crippen LogP contribution in [0, 0.1) is 6.92 Å². The summed E-state index contributed by atoms with van der Waals surface area (Å²) in [5, 5.41) is 0.702. The number of pyridine rings is 1. The van der Waals surface area contributed by atoms with Crippen molar-refractivity contribution in [2.45, 2.75) is 6.92 Å². The minimum absolute atomic E-state index is 0.211. The lowest BCUT2D eigenvalue weighted by atomic mass is 10.2. The number of primary amides is 1. The fourth-order valence-corrected chi connectivity index (χ4v) is 2.56. The molecular weight excluding hydrogens is 214 g/mol.